The van der Waals surface area contributed by atoms with Crippen molar-refractivity contribution in [1.82, 2.24) is 0 Å². The van der Waals surface area contributed by atoms with Gasteiger partial charge in [-0.3, -0.25) is 9.59 Å². The van der Waals surface area contributed by atoms with Gasteiger partial charge in [-0.25, -0.2) is 8.42 Å². The fourth-order valence-corrected chi connectivity index (χ4v) is 4.57. The normalized spacial score (nSPS) is 14.4. The van der Waals surface area contributed by atoms with E-state index >= 15 is 0 Å². The number of ketones is 1. The maximum absolute atomic E-state index is 12.5. The lowest BCUT2D eigenvalue weighted by atomic mass is 10.0. The van der Waals surface area contributed by atoms with Crippen molar-refractivity contribution in [1.29, 1.82) is 0 Å². The van der Waals surface area contributed by atoms with Crippen LogP contribution in [0.15, 0.2) is 47.4 Å². The van der Waals surface area contributed by atoms with E-state index in [1.165, 1.54) is 30.2 Å². The second-order valence-corrected chi connectivity index (χ2v) is 9.32. The smallest absolute Gasteiger partial charge is 0.307 e. The molecule has 3 rings (SSSR count). The molecule has 1 aliphatic rings. The highest BCUT2D eigenvalue weighted by atomic mass is 32.2. The Hall–Kier alpha value is -2.47. The largest absolute Gasteiger partial charge is 0.454 e. The molecule has 0 aliphatic heterocycles. The molecule has 0 radical (unpaired) electrons. The van der Waals surface area contributed by atoms with Gasteiger partial charge in [0, 0.05) is 5.56 Å². The number of Topliss-reactive ketones (excluding diaryl/α,β-unsaturated/α-hetero) is 1. The molecule has 2 aromatic rings. The van der Waals surface area contributed by atoms with Gasteiger partial charge in [-0.1, -0.05) is 29.8 Å². The quantitative estimate of drug-likeness (QED) is 0.525. The molecule has 6 heteroatoms. The van der Waals surface area contributed by atoms with Gasteiger partial charge in [0.2, 0.25) is 5.78 Å². The van der Waals surface area contributed by atoms with E-state index < -0.39 is 21.9 Å². The van der Waals surface area contributed by atoms with E-state index in [2.05, 4.69) is 0 Å². The fraction of sp³-hybridized carbons (Fsp3) is 0.364. The van der Waals surface area contributed by atoms with Crippen LogP contribution < -0.4 is 0 Å². The monoisotopic (exact) mass is 400 g/mol. The Balaban J connectivity index is 1.56. The third-order valence-corrected chi connectivity index (χ3v) is 6.75. The number of carbonyl (C=O) groups is 2. The number of carbonyl (C=O) groups excluding carboxylic acids is 2. The van der Waals surface area contributed by atoms with E-state index in [-0.39, 0.29) is 22.9 Å². The van der Waals surface area contributed by atoms with Crippen molar-refractivity contribution >= 4 is 21.6 Å². The standard InChI is InChI=1S/C22H24O5S/c1-15-6-10-20(11-7-15)28(25,26)13-12-21(23)27-16(2)22(24)19-9-8-17-4-3-5-18(17)14-19/h6-11,14,16H,3-5,12-13H2,1-2H3. The van der Waals surface area contributed by atoms with Crippen molar-refractivity contribution in [3.05, 3.63) is 64.7 Å². The summed E-state index contributed by atoms with van der Waals surface area (Å²) < 4.78 is 29.8. The lowest BCUT2D eigenvalue weighted by Gasteiger charge is -2.13. The average molecular weight is 400 g/mol. The summed E-state index contributed by atoms with van der Waals surface area (Å²) in [6.07, 6.45) is 1.84. The molecule has 0 spiro atoms. The van der Waals surface area contributed by atoms with Gasteiger partial charge in [-0.15, -0.1) is 0 Å². The molecule has 1 aliphatic carbocycles. The third-order valence-electron chi connectivity index (χ3n) is 5.02. The molecule has 1 atom stereocenters. The molecule has 0 N–H and O–H groups in total. The summed E-state index contributed by atoms with van der Waals surface area (Å²) in [5, 5.41) is 0. The van der Waals surface area contributed by atoms with Crippen molar-refractivity contribution in [2.45, 2.75) is 50.5 Å². The summed E-state index contributed by atoms with van der Waals surface area (Å²) >= 11 is 0. The summed E-state index contributed by atoms with van der Waals surface area (Å²) in [4.78, 5) is 24.8. The number of ether oxygens (including phenoxy) is 1. The van der Waals surface area contributed by atoms with E-state index in [1.54, 1.807) is 18.2 Å². The molecule has 0 fully saturated rings. The van der Waals surface area contributed by atoms with Crippen LogP contribution in [0, 0.1) is 6.92 Å². The lowest BCUT2D eigenvalue weighted by Crippen LogP contribution is -2.25. The summed E-state index contributed by atoms with van der Waals surface area (Å²) in [5.74, 6) is -1.32. The number of hydrogen-bond donors (Lipinski definition) is 0. The highest BCUT2D eigenvalue weighted by Gasteiger charge is 2.23. The molecule has 28 heavy (non-hydrogen) atoms. The maximum Gasteiger partial charge on any atom is 0.307 e. The first kappa shape index (κ1) is 20.3. The van der Waals surface area contributed by atoms with Gasteiger partial charge in [0.15, 0.2) is 15.9 Å². The number of aryl methyl sites for hydroxylation is 3. The predicted molar refractivity (Wildman–Crippen MR) is 106 cm³/mol. The fourth-order valence-electron chi connectivity index (χ4n) is 3.35. The maximum atomic E-state index is 12.5. The molecule has 2 aromatic carbocycles. The second kappa shape index (κ2) is 8.27. The number of esters is 1. The second-order valence-electron chi connectivity index (χ2n) is 7.22. The minimum Gasteiger partial charge on any atom is -0.454 e. The molecule has 0 aromatic heterocycles. The van der Waals surface area contributed by atoms with Crippen LogP contribution in [0.1, 0.15) is 46.8 Å². The van der Waals surface area contributed by atoms with Crippen molar-refractivity contribution in [3.8, 4) is 0 Å². The molecule has 148 valence electrons. The SMILES string of the molecule is Cc1ccc(S(=O)(=O)CCC(=O)OC(C)C(=O)c2ccc3c(c2)CCC3)cc1. The average Bonchev–Trinajstić information content (AvgIpc) is 3.14. The number of benzene rings is 2. The zero-order valence-corrected chi connectivity index (χ0v) is 16.9. The Labute approximate surface area is 165 Å². The number of rotatable bonds is 7. The summed E-state index contributed by atoms with van der Waals surface area (Å²) in [5.41, 5.74) is 3.92. The first-order valence-corrected chi connectivity index (χ1v) is 11.1. The van der Waals surface area contributed by atoms with Crippen LogP contribution in [0.4, 0.5) is 0 Å². The Morgan fingerprint density at radius 1 is 1.04 bits per heavy atom. The van der Waals surface area contributed by atoms with Gasteiger partial charge in [0.1, 0.15) is 0 Å². The van der Waals surface area contributed by atoms with Crippen molar-refractivity contribution in [2.24, 2.45) is 0 Å². The van der Waals surface area contributed by atoms with Gasteiger partial charge in [-0.2, -0.15) is 0 Å². The third kappa shape index (κ3) is 4.68. The van der Waals surface area contributed by atoms with Crippen LogP contribution in [0.25, 0.3) is 0 Å². The van der Waals surface area contributed by atoms with Crippen LogP contribution in [-0.2, 0) is 32.2 Å². The molecule has 0 saturated heterocycles. The van der Waals surface area contributed by atoms with E-state index in [1.807, 2.05) is 19.1 Å². The summed E-state index contributed by atoms with van der Waals surface area (Å²) in [6.45, 7) is 3.38. The van der Waals surface area contributed by atoms with E-state index in [0.717, 1.165) is 24.8 Å². The van der Waals surface area contributed by atoms with Gasteiger partial charge in [-0.05, 0) is 62.4 Å². The minimum absolute atomic E-state index is 0.174. The van der Waals surface area contributed by atoms with Crippen molar-refractivity contribution in [2.75, 3.05) is 5.75 Å². The Kier molecular flexibility index (Phi) is 5.98. The molecule has 0 bridgehead atoms. The number of sulfone groups is 1. The molecule has 0 heterocycles. The van der Waals surface area contributed by atoms with Crippen LogP contribution in [0.5, 0.6) is 0 Å². The Morgan fingerprint density at radius 3 is 2.43 bits per heavy atom. The van der Waals surface area contributed by atoms with Gasteiger partial charge < -0.3 is 4.74 Å². The van der Waals surface area contributed by atoms with Crippen LogP contribution >= 0.6 is 0 Å². The van der Waals surface area contributed by atoms with E-state index in [4.69, 9.17) is 4.74 Å². The number of hydrogen-bond acceptors (Lipinski definition) is 5. The van der Waals surface area contributed by atoms with Crippen LogP contribution in [0.3, 0.4) is 0 Å². The first-order chi connectivity index (χ1) is 13.3. The van der Waals surface area contributed by atoms with E-state index in [9.17, 15) is 18.0 Å². The zero-order chi connectivity index (χ0) is 20.3. The van der Waals surface area contributed by atoms with Gasteiger partial charge >= 0.3 is 5.97 Å². The summed E-state index contributed by atoms with van der Waals surface area (Å²) in [7, 11) is -3.57. The molecule has 5 nitrogen and oxygen atoms in total. The van der Waals surface area contributed by atoms with Gasteiger partial charge in [0.05, 0.1) is 17.1 Å². The molecule has 0 amide bonds. The highest BCUT2D eigenvalue weighted by molar-refractivity contribution is 7.91. The molecular weight excluding hydrogens is 376 g/mol. The molecule has 0 saturated carbocycles. The molecule has 1 unspecified atom stereocenters. The van der Waals surface area contributed by atoms with Crippen molar-refractivity contribution < 1.29 is 22.7 Å². The Morgan fingerprint density at radius 2 is 1.71 bits per heavy atom. The highest BCUT2D eigenvalue weighted by Crippen LogP contribution is 2.23. The first-order valence-electron chi connectivity index (χ1n) is 9.41. The Bertz CT molecular complexity index is 990. The predicted octanol–water partition coefficient (Wildman–Crippen LogP) is 3.46. The zero-order valence-electron chi connectivity index (χ0n) is 16.1. The minimum atomic E-state index is -3.57. The van der Waals surface area contributed by atoms with Crippen LogP contribution in [-0.4, -0.2) is 32.0 Å². The molecular formula is C22H24O5S. The van der Waals surface area contributed by atoms with Crippen molar-refractivity contribution in [3.63, 3.8) is 0 Å². The summed E-state index contributed by atoms with van der Waals surface area (Å²) in [6, 6.07) is 12.1. The number of fused-ring (bicyclic) bond motifs is 1. The van der Waals surface area contributed by atoms with Crippen LogP contribution in [0.2, 0.25) is 0 Å². The lowest BCUT2D eigenvalue weighted by molar-refractivity contribution is -0.145. The van der Waals surface area contributed by atoms with E-state index in [0.29, 0.717) is 5.56 Å². The topological polar surface area (TPSA) is 77.5 Å². The van der Waals surface area contributed by atoms with Gasteiger partial charge in [0.25, 0.3) is 0 Å².